The summed E-state index contributed by atoms with van der Waals surface area (Å²) in [7, 11) is 0. The van der Waals surface area contributed by atoms with Crippen LogP contribution in [0.1, 0.15) is 31.0 Å². The number of hydrogen-bond acceptors (Lipinski definition) is 5. The van der Waals surface area contributed by atoms with Gasteiger partial charge in [-0.15, -0.1) is 0 Å². The van der Waals surface area contributed by atoms with Crippen LogP contribution in [-0.2, 0) is 11.2 Å². The average Bonchev–Trinajstić information content (AvgIpc) is 2.76. The van der Waals surface area contributed by atoms with E-state index in [1.54, 1.807) is 13.8 Å². The van der Waals surface area contributed by atoms with E-state index in [1.807, 2.05) is 0 Å². The van der Waals surface area contributed by atoms with E-state index in [1.165, 1.54) is 41.0 Å². The summed E-state index contributed by atoms with van der Waals surface area (Å²) in [4.78, 5) is 32.0. The van der Waals surface area contributed by atoms with Crippen molar-refractivity contribution in [3.8, 4) is 5.75 Å². The van der Waals surface area contributed by atoms with E-state index in [-0.39, 0.29) is 23.0 Å². The maximum Gasteiger partial charge on any atom is 0.261 e. The number of halogens is 1. The van der Waals surface area contributed by atoms with Gasteiger partial charge in [0, 0.05) is 41.6 Å². The zero-order valence-corrected chi connectivity index (χ0v) is 18.0. The highest BCUT2D eigenvalue weighted by Gasteiger charge is 2.26. The van der Waals surface area contributed by atoms with Crippen LogP contribution in [0.2, 0.25) is 0 Å². The zero-order valence-electron chi connectivity index (χ0n) is 18.0. The lowest BCUT2D eigenvalue weighted by molar-refractivity contribution is -0.120. The lowest BCUT2D eigenvalue weighted by Crippen LogP contribution is -2.38. The predicted molar refractivity (Wildman–Crippen MR) is 119 cm³/mol. The second kappa shape index (κ2) is 9.83. The largest absolute Gasteiger partial charge is 0.508 e. The topological polar surface area (TPSA) is 74.9 Å². The highest BCUT2D eigenvalue weighted by atomic mass is 19.1. The number of likely N-dealkylation sites (tertiary alicyclic amines) is 1. The van der Waals surface area contributed by atoms with Crippen LogP contribution in [0, 0.1) is 12.8 Å². The molecular formula is C24H28FN3O3. The molecule has 3 heterocycles. The molecule has 2 aromatic heterocycles. The SMILES string of the molecule is C=C(/C=C\C(F)=C/C)C(=O)C1CCN(CCc2c(C)nc3cc(O)ccn3c2=O)CC1. The van der Waals surface area contributed by atoms with Gasteiger partial charge in [-0.05, 0) is 64.4 Å². The van der Waals surface area contributed by atoms with E-state index in [0.717, 1.165) is 13.1 Å². The molecule has 3 rings (SSSR count). The van der Waals surface area contributed by atoms with Crippen LogP contribution < -0.4 is 5.56 Å². The van der Waals surface area contributed by atoms with Crippen molar-refractivity contribution < 1.29 is 14.3 Å². The molecule has 0 spiro atoms. The Bertz CT molecular complexity index is 1110. The molecular weight excluding hydrogens is 397 g/mol. The number of hydrogen-bond donors (Lipinski definition) is 1. The number of carbonyl (C=O) groups is 1. The molecule has 0 unspecified atom stereocenters. The number of piperidine rings is 1. The molecule has 1 aliphatic rings. The minimum atomic E-state index is -0.394. The van der Waals surface area contributed by atoms with Crippen LogP contribution in [0.3, 0.4) is 0 Å². The molecule has 0 aromatic carbocycles. The van der Waals surface area contributed by atoms with Crippen molar-refractivity contribution in [1.29, 1.82) is 0 Å². The summed E-state index contributed by atoms with van der Waals surface area (Å²) in [5.41, 5.74) is 1.95. The maximum absolute atomic E-state index is 13.2. The van der Waals surface area contributed by atoms with Gasteiger partial charge in [0.25, 0.3) is 5.56 Å². The molecule has 0 saturated carbocycles. The van der Waals surface area contributed by atoms with Gasteiger partial charge >= 0.3 is 0 Å². The fraction of sp³-hybridized carbons (Fsp3) is 0.375. The smallest absolute Gasteiger partial charge is 0.261 e. The van der Waals surface area contributed by atoms with Crippen molar-refractivity contribution >= 4 is 11.4 Å². The number of aromatic hydroxyl groups is 1. The third-order valence-electron chi connectivity index (χ3n) is 5.79. The highest BCUT2D eigenvalue weighted by Crippen LogP contribution is 2.22. The van der Waals surface area contributed by atoms with E-state index >= 15 is 0 Å². The lowest BCUT2D eigenvalue weighted by Gasteiger charge is -2.31. The van der Waals surface area contributed by atoms with E-state index in [9.17, 15) is 19.1 Å². The third-order valence-corrected chi connectivity index (χ3v) is 5.79. The van der Waals surface area contributed by atoms with Crippen LogP contribution in [0.15, 0.2) is 59.3 Å². The molecule has 164 valence electrons. The van der Waals surface area contributed by atoms with Crippen molar-refractivity contribution in [3.05, 3.63) is 76.1 Å². The summed E-state index contributed by atoms with van der Waals surface area (Å²) < 4.78 is 14.7. The van der Waals surface area contributed by atoms with Crippen molar-refractivity contribution in [1.82, 2.24) is 14.3 Å². The molecule has 31 heavy (non-hydrogen) atoms. The van der Waals surface area contributed by atoms with Gasteiger partial charge in [0.2, 0.25) is 0 Å². The third kappa shape index (κ3) is 5.35. The second-order valence-electron chi connectivity index (χ2n) is 7.86. The molecule has 0 bridgehead atoms. The Kier molecular flexibility index (Phi) is 7.17. The van der Waals surface area contributed by atoms with Crippen LogP contribution in [0.25, 0.3) is 5.65 Å². The summed E-state index contributed by atoms with van der Waals surface area (Å²) in [6.45, 7) is 9.39. The number of rotatable bonds is 7. The minimum Gasteiger partial charge on any atom is -0.508 e. The number of allylic oxidation sites excluding steroid dienone is 5. The monoisotopic (exact) mass is 425 g/mol. The molecule has 1 aliphatic heterocycles. The van der Waals surface area contributed by atoms with Gasteiger partial charge in [0.15, 0.2) is 5.78 Å². The minimum absolute atomic E-state index is 0.0316. The van der Waals surface area contributed by atoms with E-state index in [0.29, 0.717) is 48.3 Å². The summed E-state index contributed by atoms with van der Waals surface area (Å²) >= 11 is 0. The van der Waals surface area contributed by atoms with Crippen LogP contribution >= 0.6 is 0 Å². The number of fused-ring (bicyclic) bond motifs is 1. The normalized spacial score (nSPS) is 16.3. The Morgan fingerprint density at radius 1 is 1.35 bits per heavy atom. The summed E-state index contributed by atoms with van der Waals surface area (Å²) in [5, 5.41) is 9.60. The molecule has 0 atom stereocenters. The summed E-state index contributed by atoms with van der Waals surface area (Å²) in [6, 6.07) is 2.93. The molecule has 1 saturated heterocycles. The zero-order chi connectivity index (χ0) is 22.5. The van der Waals surface area contributed by atoms with Gasteiger partial charge in [-0.3, -0.25) is 14.0 Å². The number of aryl methyl sites for hydroxylation is 1. The first-order valence-electron chi connectivity index (χ1n) is 10.5. The summed E-state index contributed by atoms with van der Waals surface area (Å²) in [5.74, 6) is -0.461. The second-order valence-corrected chi connectivity index (χ2v) is 7.86. The molecule has 0 radical (unpaired) electrons. The fourth-order valence-electron chi connectivity index (χ4n) is 3.87. The number of nitrogens with zero attached hydrogens (tertiary/aromatic N) is 3. The molecule has 0 aliphatic carbocycles. The molecule has 1 fully saturated rings. The number of carbonyl (C=O) groups excluding carboxylic acids is 1. The maximum atomic E-state index is 13.2. The van der Waals surface area contributed by atoms with Crippen molar-refractivity contribution in [2.45, 2.75) is 33.1 Å². The average molecular weight is 426 g/mol. The van der Waals surface area contributed by atoms with Crippen molar-refractivity contribution in [3.63, 3.8) is 0 Å². The number of ketones is 1. The van der Waals surface area contributed by atoms with Gasteiger partial charge in [-0.2, -0.15) is 0 Å². The Hall–Kier alpha value is -3.06. The highest BCUT2D eigenvalue weighted by molar-refractivity contribution is 5.99. The van der Waals surface area contributed by atoms with Gasteiger partial charge < -0.3 is 10.0 Å². The van der Waals surface area contributed by atoms with E-state index in [4.69, 9.17) is 0 Å². The van der Waals surface area contributed by atoms with Crippen LogP contribution in [0.4, 0.5) is 4.39 Å². The fourth-order valence-corrected chi connectivity index (χ4v) is 3.87. The molecule has 7 heteroatoms. The summed E-state index contributed by atoms with van der Waals surface area (Å²) in [6.07, 6.45) is 7.55. The van der Waals surface area contributed by atoms with Crippen molar-refractivity contribution in [2.24, 2.45) is 5.92 Å². The first-order chi connectivity index (χ1) is 14.8. The number of aromatic nitrogens is 2. The van der Waals surface area contributed by atoms with Crippen LogP contribution in [0.5, 0.6) is 5.75 Å². The van der Waals surface area contributed by atoms with Gasteiger partial charge in [0.1, 0.15) is 17.2 Å². The Labute approximate surface area is 181 Å². The van der Waals surface area contributed by atoms with Crippen LogP contribution in [-0.4, -0.2) is 44.8 Å². The van der Waals surface area contributed by atoms with E-state index in [2.05, 4.69) is 16.5 Å². The van der Waals surface area contributed by atoms with Crippen molar-refractivity contribution in [2.75, 3.05) is 19.6 Å². The first-order valence-corrected chi connectivity index (χ1v) is 10.5. The predicted octanol–water partition coefficient (Wildman–Crippen LogP) is 3.52. The number of Topliss-reactive ketones (excluding diaryl/α,β-unsaturated/α-hetero) is 1. The van der Waals surface area contributed by atoms with Gasteiger partial charge in [-0.1, -0.05) is 12.7 Å². The number of pyridine rings is 1. The molecule has 0 amide bonds. The van der Waals surface area contributed by atoms with E-state index < -0.39 is 5.83 Å². The molecule has 2 aromatic rings. The lowest BCUT2D eigenvalue weighted by atomic mass is 9.89. The standard InChI is InChI=1S/C24H28FN3O3/c1-4-19(25)6-5-16(2)23(30)18-7-11-27(12-8-18)13-10-21-17(3)26-22-15-20(29)9-14-28(22)24(21)31/h4-6,9,14-15,18,29H,2,7-8,10-13H2,1,3H3/b6-5-,19-4+. The van der Waals surface area contributed by atoms with Gasteiger partial charge in [0.05, 0.1) is 0 Å². The Morgan fingerprint density at radius 2 is 2.06 bits per heavy atom. The Morgan fingerprint density at radius 3 is 2.74 bits per heavy atom. The molecule has 6 nitrogen and oxygen atoms in total. The van der Waals surface area contributed by atoms with Gasteiger partial charge in [-0.25, -0.2) is 9.37 Å². The molecule has 1 N–H and O–H groups in total. The first kappa shape index (κ1) is 22.6. The quantitative estimate of drug-likeness (QED) is 0.543. The Balaban J connectivity index is 1.58.